The minimum Gasteiger partial charge on any atom is -0.370 e. The summed E-state index contributed by atoms with van der Waals surface area (Å²) in [5, 5.41) is 7.99. The second-order valence-electron chi connectivity index (χ2n) is 4.42. The van der Waals surface area contributed by atoms with Gasteiger partial charge in [0.05, 0.1) is 5.69 Å². The second-order valence-corrected chi connectivity index (χ2v) is 4.42. The van der Waals surface area contributed by atoms with Gasteiger partial charge in [-0.05, 0) is 26.4 Å². The van der Waals surface area contributed by atoms with Gasteiger partial charge in [-0.25, -0.2) is 0 Å². The first-order chi connectivity index (χ1) is 8.13. The van der Waals surface area contributed by atoms with Gasteiger partial charge in [0.2, 0.25) is 0 Å². The van der Waals surface area contributed by atoms with Crippen LogP contribution in [0.4, 0.5) is 5.82 Å². The van der Waals surface area contributed by atoms with Gasteiger partial charge in [0.25, 0.3) is 0 Å². The van der Waals surface area contributed by atoms with Gasteiger partial charge in [-0.15, -0.1) is 0 Å². The van der Waals surface area contributed by atoms with Crippen molar-refractivity contribution < 1.29 is 0 Å². The minimum absolute atomic E-state index is 0.985. The van der Waals surface area contributed by atoms with Crippen LogP contribution in [0.5, 0.6) is 0 Å². The second kappa shape index (κ2) is 6.64. The SMILES string of the molecule is CCCNc1c(CN(CC)CC)c(C)nn1C. The van der Waals surface area contributed by atoms with Gasteiger partial charge >= 0.3 is 0 Å². The molecular weight excluding hydrogens is 212 g/mol. The Kier molecular flexibility index (Phi) is 5.48. The van der Waals surface area contributed by atoms with E-state index in [0.717, 1.165) is 38.3 Å². The number of rotatable bonds is 7. The van der Waals surface area contributed by atoms with Crippen molar-refractivity contribution in [3.63, 3.8) is 0 Å². The molecule has 17 heavy (non-hydrogen) atoms. The third kappa shape index (κ3) is 3.46. The number of anilines is 1. The van der Waals surface area contributed by atoms with Crippen LogP contribution < -0.4 is 5.32 Å². The Labute approximate surface area is 105 Å². The van der Waals surface area contributed by atoms with E-state index in [2.05, 4.69) is 43.0 Å². The van der Waals surface area contributed by atoms with Gasteiger partial charge in [0.15, 0.2) is 0 Å². The summed E-state index contributed by atoms with van der Waals surface area (Å²) in [5.74, 6) is 1.18. The van der Waals surface area contributed by atoms with Crippen molar-refractivity contribution in [3.05, 3.63) is 11.3 Å². The van der Waals surface area contributed by atoms with Crippen LogP contribution in [0, 0.1) is 6.92 Å². The molecule has 0 spiro atoms. The van der Waals surface area contributed by atoms with Crippen LogP contribution in [-0.4, -0.2) is 34.3 Å². The number of hydrogen-bond acceptors (Lipinski definition) is 3. The summed E-state index contributed by atoms with van der Waals surface area (Å²) < 4.78 is 1.96. The van der Waals surface area contributed by atoms with Crippen LogP contribution in [0.25, 0.3) is 0 Å². The number of aryl methyl sites for hydroxylation is 2. The first-order valence-electron chi connectivity index (χ1n) is 6.62. The maximum absolute atomic E-state index is 4.51. The molecule has 1 rings (SSSR count). The van der Waals surface area contributed by atoms with E-state index < -0.39 is 0 Å². The molecule has 0 aliphatic carbocycles. The van der Waals surface area contributed by atoms with Gasteiger partial charge in [-0.2, -0.15) is 5.10 Å². The Morgan fingerprint density at radius 2 is 1.88 bits per heavy atom. The molecule has 0 bridgehead atoms. The smallest absolute Gasteiger partial charge is 0.128 e. The van der Waals surface area contributed by atoms with Gasteiger partial charge in [0, 0.05) is 25.7 Å². The number of hydrogen-bond donors (Lipinski definition) is 1. The maximum Gasteiger partial charge on any atom is 0.128 e. The van der Waals surface area contributed by atoms with Crippen molar-refractivity contribution in [2.45, 2.75) is 40.7 Å². The molecule has 1 heterocycles. The molecule has 0 atom stereocenters. The van der Waals surface area contributed by atoms with Gasteiger partial charge in [-0.3, -0.25) is 9.58 Å². The molecular formula is C13H26N4. The van der Waals surface area contributed by atoms with E-state index in [1.54, 1.807) is 0 Å². The van der Waals surface area contributed by atoms with E-state index in [0.29, 0.717) is 0 Å². The lowest BCUT2D eigenvalue weighted by atomic mass is 10.2. The highest BCUT2D eigenvalue weighted by atomic mass is 15.3. The predicted octanol–water partition coefficient (Wildman–Crippen LogP) is 2.39. The lowest BCUT2D eigenvalue weighted by Crippen LogP contribution is -2.23. The summed E-state index contributed by atoms with van der Waals surface area (Å²) >= 11 is 0. The third-order valence-corrected chi connectivity index (χ3v) is 3.16. The Bertz CT molecular complexity index is 339. The third-order valence-electron chi connectivity index (χ3n) is 3.16. The number of aromatic nitrogens is 2. The maximum atomic E-state index is 4.51. The molecule has 0 aliphatic rings. The van der Waals surface area contributed by atoms with Gasteiger partial charge in [-0.1, -0.05) is 20.8 Å². The largest absolute Gasteiger partial charge is 0.370 e. The van der Waals surface area contributed by atoms with Crippen LogP contribution in [0.2, 0.25) is 0 Å². The first kappa shape index (κ1) is 14.0. The lowest BCUT2D eigenvalue weighted by molar-refractivity contribution is 0.295. The summed E-state index contributed by atoms with van der Waals surface area (Å²) in [6.45, 7) is 12.8. The van der Waals surface area contributed by atoms with Crippen LogP contribution in [0.1, 0.15) is 38.4 Å². The Morgan fingerprint density at radius 3 is 2.41 bits per heavy atom. The summed E-state index contributed by atoms with van der Waals surface area (Å²) in [7, 11) is 2.01. The van der Waals surface area contributed by atoms with Crippen molar-refractivity contribution >= 4 is 5.82 Å². The van der Waals surface area contributed by atoms with Crippen LogP contribution >= 0.6 is 0 Å². The molecule has 98 valence electrons. The van der Waals surface area contributed by atoms with E-state index >= 15 is 0 Å². The van der Waals surface area contributed by atoms with Crippen molar-refractivity contribution in [2.75, 3.05) is 25.0 Å². The summed E-state index contributed by atoms with van der Waals surface area (Å²) in [6, 6.07) is 0. The van der Waals surface area contributed by atoms with Crippen molar-refractivity contribution in [1.82, 2.24) is 14.7 Å². The van der Waals surface area contributed by atoms with E-state index in [4.69, 9.17) is 0 Å². The van der Waals surface area contributed by atoms with Crippen LogP contribution in [0.15, 0.2) is 0 Å². The first-order valence-corrected chi connectivity index (χ1v) is 6.62. The lowest BCUT2D eigenvalue weighted by Gasteiger charge is -2.19. The molecule has 0 saturated carbocycles. The molecule has 0 aromatic carbocycles. The van der Waals surface area contributed by atoms with E-state index in [-0.39, 0.29) is 0 Å². The zero-order chi connectivity index (χ0) is 12.8. The zero-order valence-electron chi connectivity index (χ0n) is 11.9. The number of nitrogens with one attached hydrogen (secondary N) is 1. The molecule has 4 heteroatoms. The predicted molar refractivity (Wildman–Crippen MR) is 73.4 cm³/mol. The Morgan fingerprint density at radius 1 is 1.24 bits per heavy atom. The summed E-state index contributed by atoms with van der Waals surface area (Å²) in [4.78, 5) is 2.42. The van der Waals surface area contributed by atoms with Crippen molar-refractivity contribution in [3.8, 4) is 0 Å². The quantitative estimate of drug-likeness (QED) is 0.792. The standard InChI is InChI=1S/C13H26N4/c1-6-9-14-13-12(10-17(7-2)8-3)11(4)15-16(13)5/h14H,6-10H2,1-5H3. The molecule has 1 aromatic heterocycles. The van der Waals surface area contributed by atoms with Crippen molar-refractivity contribution in [1.29, 1.82) is 0 Å². The van der Waals surface area contributed by atoms with Crippen LogP contribution in [-0.2, 0) is 13.6 Å². The molecule has 1 aromatic rings. The average molecular weight is 238 g/mol. The fourth-order valence-corrected chi connectivity index (χ4v) is 2.03. The van der Waals surface area contributed by atoms with E-state index in [9.17, 15) is 0 Å². The normalized spacial score (nSPS) is 11.2. The van der Waals surface area contributed by atoms with E-state index in [1.807, 2.05) is 11.7 Å². The monoisotopic (exact) mass is 238 g/mol. The molecule has 0 fully saturated rings. The highest BCUT2D eigenvalue weighted by molar-refractivity contribution is 5.47. The average Bonchev–Trinajstić information content (AvgIpc) is 2.58. The molecule has 0 amide bonds. The van der Waals surface area contributed by atoms with E-state index in [1.165, 1.54) is 11.4 Å². The fourth-order valence-electron chi connectivity index (χ4n) is 2.03. The molecule has 4 nitrogen and oxygen atoms in total. The fraction of sp³-hybridized carbons (Fsp3) is 0.769. The molecule has 1 N–H and O–H groups in total. The highest BCUT2D eigenvalue weighted by Gasteiger charge is 2.14. The molecule has 0 saturated heterocycles. The van der Waals surface area contributed by atoms with Gasteiger partial charge < -0.3 is 5.32 Å². The zero-order valence-corrected chi connectivity index (χ0v) is 11.9. The van der Waals surface area contributed by atoms with Crippen molar-refractivity contribution in [2.24, 2.45) is 7.05 Å². The Balaban J connectivity index is 2.87. The van der Waals surface area contributed by atoms with Gasteiger partial charge in [0.1, 0.15) is 5.82 Å². The summed E-state index contributed by atoms with van der Waals surface area (Å²) in [6.07, 6.45) is 1.13. The topological polar surface area (TPSA) is 33.1 Å². The molecule has 0 unspecified atom stereocenters. The Hall–Kier alpha value is -1.03. The highest BCUT2D eigenvalue weighted by Crippen LogP contribution is 2.20. The van der Waals surface area contributed by atoms with Crippen LogP contribution in [0.3, 0.4) is 0 Å². The molecule has 0 radical (unpaired) electrons. The minimum atomic E-state index is 0.985. The summed E-state index contributed by atoms with van der Waals surface area (Å²) in [5.41, 5.74) is 2.47. The number of nitrogens with zero attached hydrogens (tertiary/aromatic N) is 3. The molecule has 0 aliphatic heterocycles.